The molecule has 2 rings (SSSR count). The molecule has 2 aromatic rings. The number of carbonyl (C=O) groups excluding carboxylic acids is 1. The first-order valence-electron chi connectivity index (χ1n) is 8.69. The minimum atomic E-state index is -0.0544. The fourth-order valence-electron chi connectivity index (χ4n) is 2.37. The van der Waals surface area contributed by atoms with Gasteiger partial charge >= 0.3 is 0 Å². The van der Waals surface area contributed by atoms with Crippen LogP contribution in [0.15, 0.2) is 42.6 Å². The van der Waals surface area contributed by atoms with Crippen LogP contribution >= 0.6 is 0 Å². The third kappa shape index (κ3) is 6.45. The van der Waals surface area contributed by atoms with E-state index in [1.165, 1.54) is 5.56 Å². The largest absolute Gasteiger partial charge is 0.497 e. The average molecular weight is 341 g/mol. The van der Waals surface area contributed by atoms with Crippen LogP contribution < -0.4 is 15.4 Å². The number of nitrogens with one attached hydrogen (secondary N) is 2. The lowest BCUT2D eigenvalue weighted by Crippen LogP contribution is -2.25. The lowest BCUT2D eigenvalue weighted by atomic mass is 10.1. The number of aromatic nitrogens is 1. The van der Waals surface area contributed by atoms with Gasteiger partial charge in [-0.2, -0.15) is 0 Å². The first kappa shape index (κ1) is 18.8. The number of ether oxygens (including phenoxy) is 1. The first-order valence-corrected chi connectivity index (χ1v) is 8.69. The molecule has 0 fully saturated rings. The second-order valence-electron chi connectivity index (χ2n) is 6.39. The minimum Gasteiger partial charge on any atom is -0.497 e. The van der Waals surface area contributed by atoms with Gasteiger partial charge in [0.15, 0.2) is 0 Å². The highest BCUT2D eigenvalue weighted by atomic mass is 16.5. The summed E-state index contributed by atoms with van der Waals surface area (Å²) in [7, 11) is 1.66. The smallest absolute Gasteiger partial charge is 0.251 e. The van der Waals surface area contributed by atoms with Crippen molar-refractivity contribution in [3.8, 4) is 5.75 Å². The van der Waals surface area contributed by atoms with Crippen LogP contribution in [-0.4, -0.2) is 31.1 Å². The van der Waals surface area contributed by atoms with Gasteiger partial charge in [0.2, 0.25) is 0 Å². The van der Waals surface area contributed by atoms with E-state index in [2.05, 4.69) is 29.5 Å². The molecule has 0 bridgehead atoms. The van der Waals surface area contributed by atoms with Gasteiger partial charge in [-0.1, -0.05) is 26.0 Å². The number of methoxy groups -OCH3 is 1. The van der Waals surface area contributed by atoms with Gasteiger partial charge in [0, 0.05) is 24.8 Å². The molecule has 0 unspecified atom stereocenters. The van der Waals surface area contributed by atoms with Crippen molar-refractivity contribution in [1.82, 2.24) is 10.3 Å². The summed E-state index contributed by atoms with van der Waals surface area (Å²) in [4.78, 5) is 16.4. The summed E-state index contributed by atoms with van der Waals surface area (Å²) >= 11 is 0. The molecule has 1 aromatic heterocycles. The maximum absolute atomic E-state index is 12.2. The van der Waals surface area contributed by atoms with E-state index in [0.717, 1.165) is 25.1 Å². The van der Waals surface area contributed by atoms with E-state index in [1.807, 2.05) is 24.3 Å². The molecule has 0 atom stereocenters. The molecule has 0 aliphatic carbocycles. The number of rotatable bonds is 9. The van der Waals surface area contributed by atoms with Crippen LogP contribution in [0.1, 0.15) is 36.2 Å². The molecule has 134 valence electrons. The molecular formula is C20H27N3O2. The zero-order valence-corrected chi connectivity index (χ0v) is 15.2. The Bertz CT molecular complexity index is 669. The highest BCUT2D eigenvalue weighted by Gasteiger charge is 2.07. The summed E-state index contributed by atoms with van der Waals surface area (Å²) < 4.78 is 5.16. The minimum absolute atomic E-state index is 0.0544. The number of hydrogen-bond donors (Lipinski definition) is 2. The average Bonchev–Trinajstić information content (AvgIpc) is 2.62. The third-order valence-electron chi connectivity index (χ3n) is 3.91. The van der Waals surface area contributed by atoms with Gasteiger partial charge in [-0.15, -0.1) is 0 Å². The molecule has 1 aromatic carbocycles. The molecular weight excluding hydrogens is 314 g/mol. The van der Waals surface area contributed by atoms with Crippen LogP contribution in [-0.2, 0) is 6.42 Å². The van der Waals surface area contributed by atoms with Crippen LogP contribution in [0.3, 0.4) is 0 Å². The number of benzene rings is 1. The molecule has 0 radical (unpaired) electrons. The molecule has 0 spiro atoms. The van der Waals surface area contributed by atoms with Crippen molar-refractivity contribution in [2.24, 2.45) is 5.92 Å². The highest BCUT2D eigenvalue weighted by molar-refractivity contribution is 5.94. The van der Waals surface area contributed by atoms with Crippen LogP contribution in [0.5, 0.6) is 5.75 Å². The van der Waals surface area contributed by atoms with Gasteiger partial charge in [0.05, 0.1) is 7.11 Å². The highest BCUT2D eigenvalue weighted by Crippen LogP contribution is 2.12. The summed E-state index contributed by atoms with van der Waals surface area (Å²) in [6.45, 7) is 5.73. The van der Waals surface area contributed by atoms with Crippen molar-refractivity contribution >= 4 is 11.7 Å². The Hall–Kier alpha value is -2.56. The topological polar surface area (TPSA) is 63.2 Å². The standard InChI is InChI=1S/C20H27N3O2/c1-15(2)8-11-23-20(24)17-10-13-22-19(14-17)21-12-9-16-4-6-18(25-3)7-5-16/h4-7,10,13-15H,8-9,11-12H2,1-3H3,(H,21,22)(H,23,24). The molecule has 2 N–H and O–H groups in total. The zero-order chi connectivity index (χ0) is 18.1. The number of pyridine rings is 1. The fourth-order valence-corrected chi connectivity index (χ4v) is 2.37. The van der Waals surface area contributed by atoms with E-state index < -0.39 is 0 Å². The molecule has 1 heterocycles. The van der Waals surface area contributed by atoms with Crippen LogP contribution in [0.25, 0.3) is 0 Å². The number of anilines is 1. The Balaban J connectivity index is 1.82. The fraction of sp³-hybridized carbons (Fsp3) is 0.400. The van der Waals surface area contributed by atoms with Gasteiger partial charge in [0.25, 0.3) is 5.91 Å². The molecule has 25 heavy (non-hydrogen) atoms. The van der Waals surface area contributed by atoms with Gasteiger partial charge < -0.3 is 15.4 Å². The van der Waals surface area contributed by atoms with E-state index >= 15 is 0 Å². The molecule has 0 saturated carbocycles. The summed E-state index contributed by atoms with van der Waals surface area (Å²) in [6, 6.07) is 11.5. The Morgan fingerprint density at radius 2 is 1.92 bits per heavy atom. The lowest BCUT2D eigenvalue weighted by Gasteiger charge is -2.09. The van der Waals surface area contributed by atoms with Crippen molar-refractivity contribution < 1.29 is 9.53 Å². The van der Waals surface area contributed by atoms with Crippen molar-refractivity contribution in [3.05, 3.63) is 53.7 Å². The third-order valence-corrected chi connectivity index (χ3v) is 3.91. The van der Waals surface area contributed by atoms with Gasteiger partial charge in [-0.05, 0) is 48.6 Å². The second-order valence-corrected chi connectivity index (χ2v) is 6.39. The SMILES string of the molecule is COc1ccc(CCNc2cc(C(=O)NCCC(C)C)ccn2)cc1. The Labute approximate surface area is 149 Å². The first-order chi connectivity index (χ1) is 12.1. The molecule has 0 saturated heterocycles. The van der Waals surface area contributed by atoms with Gasteiger partial charge in [0.1, 0.15) is 11.6 Å². The van der Waals surface area contributed by atoms with Gasteiger partial charge in [-0.25, -0.2) is 4.98 Å². The summed E-state index contributed by atoms with van der Waals surface area (Å²) in [5.74, 6) is 2.09. The number of hydrogen-bond acceptors (Lipinski definition) is 4. The van der Waals surface area contributed by atoms with Crippen LogP contribution in [0, 0.1) is 5.92 Å². The molecule has 0 aliphatic rings. The van der Waals surface area contributed by atoms with Crippen molar-refractivity contribution in [2.45, 2.75) is 26.7 Å². The molecule has 0 aliphatic heterocycles. The number of carbonyl (C=O) groups is 1. The monoisotopic (exact) mass is 341 g/mol. The Morgan fingerprint density at radius 1 is 1.16 bits per heavy atom. The predicted molar refractivity (Wildman–Crippen MR) is 101 cm³/mol. The van der Waals surface area contributed by atoms with E-state index in [9.17, 15) is 4.79 Å². The summed E-state index contributed by atoms with van der Waals surface area (Å²) in [5.41, 5.74) is 1.85. The molecule has 5 nitrogen and oxygen atoms in total. The predicted octanol–water partition coefficient (Wildman–Crippen LogP) is 3.52. The van der Waals surface area contributed by atoms with Crippen LogP contribution in [0.2, 0.25) is 0 Å². The maximum atomic E-state index is 12.2. The van der Waals surface area contributed by atoms with Crippen molar-refractivity contribution in [3.63, 3.8) is 0 Å². The number of amides is 1. The zero-order valence-electron chi connectivity index (χ0n) is 15.2. The van der Waals surface area contributed by atoms with Crippen molar-refractivity contribution in [1.29, 1.82) is 0 Å². The molecule has 5 heteroatoms. The Kier molecular flexibility index (Phi) is 7.26. The molecule has 1 amide bonds. The van der Waals surface area contributed by atoms with E-state index in [0.29, 0.717) is 23.8 Å². The van der Waals surface area contributed by atoms with E-state index in [-0.39, 0.29) is 5.91 Å². The van der Waals surface area contributed by atoms with Gasteiger partial charge in [-0.3, -0.25) is 4.79 Å². The number of nitrogens with zero attached hydrogens (tertiary/aromatic N) is 1. The summed E-state index contributed by atoms with van der Waals surface area (Å²) in [5, 5.41) is 6.21. The van der Waals surface area contributed by atoms with E-state index in [1.54, 1.807) is 25.4 Å². The Morgan fingerprint density at radius 3 is 2.60 bits per heavy atom. The second kappa shape index (κ2) is 9.67. The van der Waals surface area contributed by atoms with E-state index in [4.69, 9.17) is 4.74 Å². The maximum Gasteiger partial charge on any atom is 0.251 e. The van der Waals surface area contributed by atoms with Crippen LogP contribution in [0.4, 0.5) is 5.82 Å². The van der Waals surface area contributed by atoms with Crippen molar-refractivity contribution in [2.75, 3.05) is 25.5 Å². The quantitative estimate of drug-likeness (QED) is 0.732. The lowest BCUT2D eigenvalue weighted by molar-refractivity contribution is 0.0952. The normalized spacial score (nSPS) is 10.6. The summed E-state index contributed by atoms with van der Waals surface area (Å²) in [6.07, 6.45) is 3.51.